The van der Waals surface area contributed by atoms with Gasteiger partial charge in [0.05, 0.1) is 6.04 Å². The molecule has 0 N–H and O–H groups in total. The number of nitrogens with zero attached hydrogens (tertiary/aromatic N) is 7. The molecule has 2 aliphatic carbocycles. The second kappa shape index (κ2) is 8.50. The van der Waals surface area contributed by atoms with Crippen LogP contribution in [0.1, 0.15) is 48.9 Å². The number of likely N-dealkylation sites (tertiary alicyclic amines) is 2. The van der Waals surface area contributed by atoms with Crippen LogP contribution in [0.4, 0.5) is 44.3 Å². The van der Waals surface area contributed by atoms with E-state index in [9.17, 15) is 44.3 Å². The minimum atomic E-state index is -4.84. The van der Waals surface area contributed by atoms with Crippen molar-refractivity contribution in [2.75, 3.05) is 26.2 Å². The van der Waals surface area contributed by atoms with Gasteiger partial charge in [-0.1, -0.05) is 0 Å². The normalized spacial score (nSPS) is 22.7. The van der Waals surface area contributed by atoms with Crippen molar-refractivity contribution in [2.45, 2.75) is 63.2 Å². The van der Waals surface area contributed by atoms with Crippen LogP contribution in [0.15, 0.2) is 12.4 Å². The average molecular weight is 585 g/mol. The van der Waals surface area contributed by atoms with Crippen LogP contribution < -0.4 is 0 Å². The van der Waals surface area contributed by atoms with Gasteiger partial charge in [0, 0.05) is 42.7 Å². The van der Waals surface area contributed by atoms with Gasteiger partial charge in [-0.2, -0.15) is 44.6 Å². The van der Waals surface area contributed by atoms with Gasteiger partial charge in [0.25, 0.3) is 5.82 Å². The van der Waals surface area contributed by atoms with Crippen molar-refractivity contribution in [1.82, 2.24) is 34.3 Å². The first-order valence-corrected chi connectivity index (χ1v) is 12.7. The molecule has 2 amide bonds. The zero-order valence-corrected chi connectivity index (χ0v) is 20.8. The largest absolute Gasteiger partial charge is 0.453 e. The van der Waals surface area contributed by atoms with Crippen LogP contribution in [0.3, 0.4) is 0 Å². The van der Waals surface area contributed by atoms with Gasteiger partial charge in [-0.05, 0) is 44.1 Å². The Labute approximate surface area is 221 Å². The maximum Gasteiger partial charge on any atom is 0.453 e. The Morgan fingerprint density at radius 1 is 0.850 bits per heavy atom. The predicted molar refractivity (Wildman–Crippen MR) is 116 cm³/mol. The van der Waals surface area contributed by atoms with Crippen LogP contribution in [0.2, 0.25) is 0 Å². The van der Waals surface area contributed by atoms with Crippen molar-refractivity contribution < 1.29 is 44.3 Å². The molecule has 4 fully saturated rings. The molecule has 220 valence electrons. The lowest BCUT2D eigenvalue weighted by Crippen LogP contribution is -2.71. The second-order valence-electron chi connectivity index (χ2n) is 11.9. The zero-order valence-electron chi connectivity index (χ0n) is 20.8. The fourth-order valence-corrected chi connectivity index (χ4v) is 6.89. The Bertz CT molecular complexity index is 1280. The maximum atomic E-state index is 13.0. The van der Waals surface area contributed by atoms with Crippen molar-refractivity contribution in [3.05, 3.63) is 29.6 Å². The van der Waals surface area contributed by atoms with Crippen LogP contribution in [-0.4, -0.2) is 72.7 Å². The third-order valence-electron chi connectivity index (χ3n) is 8.54. The number of alkyl halides is 9. The van der Waals surface area contributed by atoms with Crippen LogP contribution >= 0.6 is 0 Å². The standard InChI is InChI=1S/C23H24F9N7O/c24-21(25,26)11-38-14(2-16(34-38)22(27,28)29)1-13-3-19(4-13)7-36(8-19)18(40)37-9-20(10-37)5-15(6-20)39-12-33-17(35-39)23(30,31)32/h2,12-13,15H,1,3-11H2. The van der Waals surface area contributed by atoms with E-state index in [1.165, 1.54) is 4.68 Å². The molecule has 6 rings (SSSR count). The molecule has 2 spiro atoms. The third kappa shape index (κ3) is 4.88. The molecule has 4 heterocycles. The van der Waals surface area contributed by atoms with E-state index in [0.29, 0.717) is 62.6 Å². The quantitative estimate of drug-likeness (QED) is 0.485. The van der Waals surface area contributed by atoms with Crippen molar-refractivity contribution >= 4 is 6.03 Å². The summed E-state index contributed by atoms with van der Waals surface area (Å²) in [6.45, 7) is 0.358. The molecule has 0 aromatic carbocycles. The number of hydrogen-bond donors (Lipinski definition) is 0. The topological polar surface area (TPSA) is 72.1 Å². The number of rotatable bonds is 4. The Hall–Kier alpha value is -3.01. The van der Waals surface area contributed by atoms with Crippen molar-refractivity contribution in [3.63, 3.8) is 0 Å². The van der Waals surface area contributed by atoms with Crippen molar-refractivity contribution in [3.8, 4) is 0 Å². The summed E-state index contributed by atoms with van der Waals surface area (Å²) in [5.74, 6) is -1.28. The van der Waals surface area contributed by atoms with Gasteiger partial charge < -0.3 is 9.80 Å². The van der Waals surface area contributed by atoms with Crippen LogP contribution in [0, 0.1) is 16.7 Å². The summed E-state index contributed by atoms with van der Waals surface area (Å²) < 4.78 is 117. The highest BCUT2D eigenvalue weighted by Crippen LogP contribution is 2.56. The van der Waals surface area contributed by atoms with E-state index >= 15 is 0 Å². The van der Waals surface area contributed by atoms with Gasteiger partial charge in [0.1, 0.15) is 12.9 Å². The summed E-state index contributed by atoms with van der Waals surface area (Å²) >= 11 is 0. The molecule has 2 aromatic rings. The highest BCUT2D eigenvalue weighted by atomic mass is 19.4. The molecule has 0 radical (unpaired) electrons. The Balaban J connectivity index is 0.958. The first kappa shape index (κ1) is 27.2. The molecular formula is C23H24F9N7O. The summed E-state index contributed by atoms with van der Waals surface area (Å²) in [7, 11) is 0. The third-order valence-corrected chi connectivity index (χ3v) is 8.54. The molecule has 2 saturated heterocycles. The molecule has 0 atom stereocenters. The molecule has 4 aliphatic rings. The van der Waals surface area contributed by atoms with E-state index in [-0.39, 0.29) is 40.9 Å². The van der Waals surface area contributed by atoms with Gasteiger partial charge in [0.2, 0.25) is 0 Å². The van der Waals surface area contributed by atoms with E-state index in [4.69, 9.17) is 0 Å². The lowest BCUT2D eigenvalue weighted by atomic mass is 9.56. The SMILES string of the molecule is O=C(N1CC2(CC(Cc3cc(C(F)(F)F)nn3CC(F)(F)F)C2)C1)N1CC2(CC(n3cnc(C(F)(F)F)n3)C2)C1. The summed E-state index contributed by atoms with van der Waals surface area (Å²) in [5, 5.41) is 6.65. The Kier molecular flexibility index (Phi) is 5.78. The molecule has 8 nitrogen and oxygen atoms in total. The van der Waals surface area contributed by atoms with Gasteiger partial charge >= 0.3 is 24.6 Å². The first-order chi connectivity index (χ1) is 18.4. The fourth-order valence-electron chi connectivity index (χ4n) is 6.89. The summed E-state index contributed by atoms with van der Waals surface area (Å²) in [4.78, 5) is 19.5. The summed E-state index contributed by atoms with van der Waals surface area (Å²) in [6, 6.07) is 0.344. The van der Waals surface area contributed by atoms with E-state index in [1.54, 1.807) is 9.80 Å². The number of carbonyl (C=O) groups is 1. The van der Waals surface area contributed by atoms with Crippen LogP contribution in [0.25, 0.3) is 0 Å². The van der Waals surface area contributed by atoms with Gasteiger partial charge in [-0.3, -0.25) is 4.68 Å². The number of amides is 2. The second-order valence-corrected chi connectivity index (χ2v) is 11.9. The van der Waals surface area contributed by atoms with Crippen LogP contribution in [0.5, 0.6) is 0 Å². The monoisotopic (exact) mass is 585 g/mol. The van der Waals surface area contributed by atoms with Crippen LogP contribution in [-0.2, 0) is 25.3 Å². The number of halogens is 9. The zero-order chi connectivity index (χ0) is 28.9. The summed E-state index contributed by atoms with van der Waals surface area (Å²) in [5.41, 5.74) is -1.76. The average Bonchev–Trinajstić information content (AvgIpc) is 3.32. The highest BCUT2D eigenvalue weighted by Gasteiger charge is 2.59. The summed E-state index contributed by atoms with van der Waals surface area (Å²) in [6.07, 6.45) is -10.6. The molecule has 0 bridgehead atoms. The highest BCUT2D eigenvalue weighted by molar-refractivity contribution is 5.77. The Morgan fingerprint density at radius 2 is 1.43 bits per heavy atom. The number of urea groups is 1. The minimum Gasteiger partial charge on any atom is -0.323 e. The smallest absolute Gasteiger partial charge is 0.323 e. The molecular weight excluding hydrogens is 561 g/mol. The molecule has 0 unspecified atom stereocenters. The van der Waals surface area contributed by atoms with Gasteiger partial charge in [0.15, 0.2) is 5.69 Å². The number of hydrogen-bond acceptors (Lipinski definition) is 4. The fraction of sp³-hybridized carbons (Fsp3) is 0.739. The first-order valence-electron chi connectivity index (χ1n) is 12.7. The molecule has 40 heavy (non-hydrogen) atoms. The lowest BCUT2D eigenvalue weighted by molar-refractivity contribution is -0.149. The van der Waals surface area contributed by atoms with E-state index in [1.807, 2.05) is 0 Å². The van der Waals surface area contributed by atoms with Crippen molar-refractivity contribution in [2.24, 2.45) is 16.7 Å². The Morgan fingerprint density at radius 3 is 1.93 bits per heavy atom. The molecule has 2 aliphatic heterocycles. The number of aromatic nitrogens is 5. The predicted octanol–water partition coefficient (Wildman–Crippen LogP) is 4.79. The van der Waals surface area contributed by atoms with Gasteiger partial charge in [-0.15, -0.1) is 5.10 Å². The van der Waals surface area contributed by atoms with Gasteiger partial charge in [-0.25, -0.2) is 14.5 Å². The molecule has 2 saturated carbocycles. The van der Waals surface area contributed by atoms with E-state index in [2.05, 4.69) is 15.2 Å². The molecule has 2 aromatic heterocycles. The maximum absolute atomic E-state index is 13.0. The molecule has 17 heteroatoms. The van der Waals surface area contributed by atoms with E-state index < -0.39 is 36.6 Å². The van der Waals surface area contributed by atoms with Crippen molar-refractivity contribution in [1.29, 1.82) is 0 Å². The number of carbonyl (C=O) groups excluding carboxylic acids is 1. The minimum absolute atomic E-state index is 0.0426. The van der Waals surface area contributed by atoms with E-state index in [0.717, 1.165) is 6.33 Å². The lowest BCUT2D eigenvalue weighted by Gasteiger charge is -2.63.